The van der Waals surface area contributed by atoms with E-state index in [0.29, 0.717) is 0 Å². The highest BCUT2D eigenvalue weighted by Gasteiger charge is 2.11. The molecule has 7 heteroatoms. The molecule has 0 aliphatic heterocycles. The summed E-state index contributed by atoms with van der Waals surface area (Å²) in [5.74, 6) is -1.45. The molecule has 0 spiro atoms. The number of nitrogens with zero attached hydrogens (tertiary/aromatic N) is 2. The van der Waals surface area contributed by atoms with Gasteiger partial charge in [0.1, 0.15) is 17.3 Å². The van der Waals surface area contributed by atoms with Gasteiger partial charge < -0.3 is 0 Å². The van der Waals surface area contributed by atoms with Gasteiger partial charge in [-0.2, -0.15) is 5.10 Å². The van der Waals surface area contributed by atoms with Crippen molar-refractivity contribution in [3.8, 4) is 0 Å². The number of nitrogens with one attached hydrogen (secondary N) is 1. The summed E-state index contributed by atoms with van der Waals surface area (Å²) in [6, 6.07) is 8.94. The van der Waals surface area contributed by atoms with Gasteiger partial charge in [-0.25, -0.2) is 8.78 Å². The number of rotatable bonds is 4. The molecule has 102 valence electrons. The second kappa shape index (κ2) is 5.87. The lowest BCUT2D eigenvalue weighted by atomic mass is 10.2. The standard InChI is InChI=1S/C13H9F2N3O2/c14-10-6-5-9(11(15)7-10)8-16-17-12-3-1-2-4-13(12)18(19)20/h1-8,17H/b16-8-. The maximum Gasteiger partial charge on any atom is 0.294 e. The summed E-state index contributed by atoms with van der Waals surface area (Å²) in [7, 11) is 0. The number of hydrogen-bond acceptors (Lipinski definition) is 4. The van der Waals surface area contributed by atoms with Crippen molar-refractivity contribution >= 4 is 17.6 Å². The minimum absolute atomic E-state index is 0.0671. The summed E-state index contributed by atoms with van der Waals surface area (Å²) in [6.07, 6.45) is 1.12. The van der Waals surface area contributed by atoms with Crippen molar-refractivity contribution in [1.82, 2.24) is 0 Å². The molecule has 20 heavy (non-hydrogen) atoms. The highest BCUT2D eigenvalue weighted by molar-refractivity contribution is 5.80. The Balaban J connectivity index is 2.16. The van der Waals surface area contributed by atoms with E-state index in [1.165, 1.54) is 24.3 Å². The van der Waals surface area contributed by atoms with Gasteiger partial charge in [0.25, 0.3) is 5.69 Å². The van der Waals surface area contributed by atoms with Crippen LogP contribution < -0.4 is 5.43 Å². The lowest BCUT2D eigenvalue weighted by Crippen LogP contribution is -1.97. The number of anilines is 1. The molecule has 0 fully saturated rings. The van der Waals surface area contributed by atoms with Crippen molar-refractivity contribution in [2.75, 3.05) is 5.43 Å². The molecule has 0 aromatic heterocycles. The van der Waals surface area contributed by atoms with Gasteiger partial charge in [0.05, 0.1) is 11.1 Å². The third kappa shape index (κ3) is 3.14. The second-order valence-electron chi connectivity index (χ2n) is 3.81. The highest BCUT2D eigenvalue weighted by Crippen LogP contribution is 2.22. The zero-order chi connectivity index (χ0) is 14.5. The molecular weight excluding hydrogens is 268 g/mol. The van der Waals surface area contributed by atoms with Crippen molar-refractivity contribution in [2.24, 2.45) is 5.10 Å². The quantitative estimate of drug-likeness (QED) is 0.529. The molecular formula is C13H9F2N3O2. The fourth-order valence-electron chi connectivity index (χ4n) is 1.50. The van der Waals surface area contributed by atoms with E-state index in [2.05, 4.69) is 10.5 Å². The normalized spacial score (nSPS) is 10.7. The molecule has 0 atom stereocenters. The van der Waals surface area contributed by atoms with Crippen LogP contribution in [0.1, 0.15) is 5.56 Å². The van der Waals surface area contributed by atoms with E-state index in [0.717, 1.165) is 18.3 Å². The molecule has 0 saturated carbocycles. The van der Waals surface area contributed by atoms with Crippen molar-refractivity contribution in [1.29, 1.82) is 0 Å². The topological polar surface area (TPSA) is 67.5 Å². The lowest BCUT2D eigenvalue weighted by molar-refractivity contribution is -0.384. The Morgan fingerprint density at radius 1 is 1.20 bits per heavy atom. The number of nitro benzene ring substituents is 1. The average molecular weight is 277 g/mol. The smallest absolute Gasteiger partial charge is 0.272 e. The van der Waals surface area contributed by atoms with E-state index in [-0.39, 0.29) is 16.9 Å². The molecule has 0 amide bonds. The van der Waals surface area contributed by atoms with Crippen molar-refractivity contribution < 1.29 is 13.7 Å². The molecule has 0 unspecified atom stereocenters. The predicted molar refractivity (Wildman–Crippen MR) is 70.7 cm³/mol. The zero-order valence-electron chi connectivity index (χ0n) is 10.1. The van der Waals surface area contributed by atoms with Gasteiger partial charge in [-0.3, -0.25) is 15.5 Å². The Kier molecular flexibility index (Phi) is 3.99. The Labute approximate surface area is 112 Å². The lowest BCUT2D eigenvalue weighted by Gasteiger charge is -2.01. The molecule has 0 aliphatic rings. The Hall–Kier alpha value is -2.83. The first kappa shape index (κ1) is 13.6. The first-order valence-corrected chi connectivity index (χ1v) is 5.55. The molecule has 0 aliphatic carbocycles. The number of hydrazone groups is 1. The third-order valence-corrected chi connectivity index (χ3v) is 2.45. The van der Waals surface area contributed by atoms with Crippen molar-refractivity contribution in [3.63, 3.8) is 0 Å². The van der Waals surface area contributed by atoms with Crippen molar-refractivity contribution in [2.45, 2.75) is 0 Å². The summed E-state index contributed by atoms with van der Waals surface area (Å²) in [6.45, 7) is 0. The molecule has 5 nitrogen and oxygen atoms in total. The predicted octanol–water partition coefficient (Wildman–Crippen LogP) is 3.32. The molecule has 2 rings (SSSR count). The van der Waals surface area contributed by atoms with Crippen LogP contribution in [0.25, 0.3) is 0 Å². The molecule has 2 aromatic rings. The fourth-order valence-corrected chi connectivity index (χ4v) is 1.50. The summed E-state index contributed by atoms with van der Waals surface area (Å²) in [5, 5.41) is 14.5. The maximum absolute atomic E-state index is 13.3. The van der Waals surface area contributed by atoms with Crippen LogP contribution in [-0.4, -0.2) is 11.1 Å². The van der Waals surface area contributed by atoms with Crippen LogP contribution in [0.5, 0.6) is 0 Å². The van der Waals surface area contributed by atoms with Gasteiger partial charge in [0.15, 0.2) is 0 Å². The van der Waals surface area contributed by atoms with E-state index < -0.39 is 16.6 Å². The van der Waals surface area contributed by atoms with E-state index >= 15 is 0 Å². The highest BCUT2D eigenvalue weighted by atomic mass is 19.1. The van der Waals surface area contributed by atoms with Crippen LogP contribution in [-0.2, 0) is 0 Å². The van der Waals surface area contributed by atoms with Crippen LogP contribution in [0.4, 0.5) is 20.2 Å². The van der Waals surface area contributed by atoms with Gasteiger partial charge in [-0.15, -0.1) is 0 Å². The summed E-state index contributed by atoms with van der Waals surface area (Å²) >= 11 is 0. The maximum atomic E-state index is 13.3. The van der Waals surface area contributed by atoms with Gasteiger partial charge in [0, 0.05) is 17.7 Å². The van der Waals surface area contributed by atoms with E-state index in [1.807, 2.05) is 0 Å². The molecule has 0 bridgehead atoms. The van der Waals surface area contributed by atoms with Crippen LogP contribution >= 0.6 is 0 Å². The minimum atomic E-state index is -0.766. The molecule has 0 radical (unpaired) electrons. The van der Waals surface area contributed by atoms with Crippen LogP contribution in [0.15, 0.2) is 47.6 Å². The average Bonchev–Trinajstić information content (AvgIpc) is 2.41. The summed E-state index contributed by atoms with van der Waals surface area (Å²) in [4.78, 5) is 10.2. The van der Waals surface area contributed by atoms with E-state index in [4.69, 9.17) is 0 Å². The first-order valence-electron chi connectivity index (χ1n) is 5.55. The number of nitro groups is 1. The van der Waals surface area contributed by atoms with E-state index in [1.54, 1.807) is 6.07 Å². The Bertz CT molecular complexity index is 674. The molecule has 2 aromatic carbocycles. The Morgan fingerprint density at radius 3 is 2.65 bits per heavy atom. The van der Waals surface area contributed by atoms with Gasteiger partial charge in [-0.1, -0.05) is 12.1 Å². The minimum Gasteiger partial charge on any atom is -0.272 e. The monoisotopic (exact) mass is 277 g/mol. The fraction of sp³-hybridized carbons (Fsp3) is 0. The van der Waals surface area contributed by atoms with Crippen LogP contribution in [0.2, 0.25) is 0 Å². The summed E-state index contributed by atoms with van der Waals surface area (Å²) in [5.41, 5.74) is 2.55. The third-order valence-electron chi connectivity index (χ3n) is 2.45. The van der Waals surface area contributed by atoms with Crippen LogP contribution in [0.3, 0.4) is 0 Å². The molecule has 0 saturated heterocycles. The van der Waals surface area contributed by atoms with Crippen molar-refractivity contribution in [3.05, 3.63) is 69.8 Å². The largest absolute Gasteiger partial charge is 0.294 e. The zero-order valence-corrected chi connectivity index (χ0v) is 10.1. The first-order chi connectivity index (χ1) is 9.58. The Morgan fingerprint density at radius 2 is 1.95 bits per heavy atom. The van der Waals surface area contributed by atoms with Gasteiger partial charge >= 0.3 is 0 Å². The second-order valence-corrected chi connectivity index (χ2v) is 3.81. The molecule has 0 heterocycles. The van der Waals surface area contributed by atoms with Crippen LogP contribution in [0, 0.1) is 21.7 Å². The number of hydrogen-bond donors (Lipinski definition) is 1. The van der Waals surface area contributed by atoms with E-state index in [9.17, 15) is 18.9 Å². The number of benzene rings is 2. The number of para-hydroxylation sites is 2. The molecule has 1 N–H and O–H groups in total. The number of halogens is 2. The van der Waals surface area contributed by atoms with Gasteiger partial charge in [0.2, 0.25) is 0 Å². The van der Waals surface area contributed by atoms with Gasteiger partial charge in [-0.05, 0) is 18.2 Å². The SMILES string of the molecule is O=[N+]([O-])c1ccccc1N/N=C\c1ccc(F)cc1F. The summed E-state index contributed by atoms with van der Waals surface area (Å²) < 4.78 is 26.0.